The average Bonchev–Trinajstić information content (AvgIpc) is 2.94. The van der Waals surface area contributed by atoms with Crippen molar-refractivity contribution in [2.45, 2.75) is 6.42 Å². The summed E-state index contributed by atoms with van der Waals surface area (Å²) in [7, 11) is 1.55. The fourth-order valence-corrected chi connectivity index (χ4v) is 2.18. The lowest BCUT2D eigenvalue weighted by molar-refractivity contribution is -0.119. The molecular weight excluding hydrogens is 266 g/mol. The molecule has 19 heavy (non-hydrogen) atoms. The van der Waals surface area contributed by atoms with E-state index in [1.54, 1.807) is 25.2 Å². The van der Waals surface area contributed by atoms with E-state index in [0.29, 0.717) is 22.8 Å². The molecule has 2 amide bonds. The van der Waals surface area contributed by atoms with Crippen LogP contribution in [0.1, 0.15) is 16.8 Å². The summed E-state index contributed by atoms with van der Waals surface area (Å²) in [5.74, 6) is -0.324. The van der Waals surface area contributed by atoms with E-state index in [0.717, 1.165) is 13.0 Å². The molecule has 1 saturated heterocycles. The van der Waals surface area contributed by atoms with Gasteiger partial charge in [0.2, 0.25) is 5.91 Å². The van der Waals surface area contributed by atoms with Gasteiger partial charge in [-0.2, -0.15) is 0 Å². The summed E-state index contributed by atoms with van der Waals surface area (Å²) in [6.07, 6.45) is 0.818. The minimum Gasteiger partial charge on any atom is -0.355 e. The van der Waals surface area contributed by atoms with Gasteiger partial charge < -0.3 is 16.0 Å². The smallest absolute Gasteiger partial charge is 0.251 e. The number of hydrogen-bond acceptors (Lipinski definition) is 3. The molecule has 0 aromatic heterocycles. The number of rotatable bonds is 3. The maximum absolute atomic E-state index is 12.0. The molecule has 6 heteroatoms. The lowest BCUT2D eigenvalue weighted by atomic mass is 10.1. The molecule has 1 aliphatic rings. The molecule has 0 bridgehead atoms. The largest absolute Gasteiger partial charge is 0.355 e. The Morgan fingerprint density at radius 3 is 2.84 bits per heavy atom. The van der Waals surface area contributed by atoms with Crippen molar-refractivity contribution >= 4 is 29.1 Å². The van der Waals surface area contributed by atoms with Crippen LogP contribution in [0.5, 0.6) is 0 Å². The first-order chi connectivity index (χ1) is 9.11. The summed E-state index contributed by atoms with van der Waals surface area (Å²) < 4.78 is 0. The van der Waals surface area contributed by atoms with Crippen molar-refractivity contribution in [3.05, 3.63) is 28.8 Å². The van der Waals surface area contributed by atoms with Gasteiger partial charge in [0.05, 0.1) is 16.6 Å². The topological polar surface area (TPSA) is 70.2 Å². The molecule has 1 fully saturated rings. The Morgan fingerprint density at radius 1 is 1.42 bits per heavy atom. The van der Waals surface area contributed by atoms with E-state index in [2.05, 4.69) is 16.0 Å². The maximum Gasteiger partial charge on any atom is 0.251 e. The maximum atomic E-state index is 12.0. The van der Waals surface area contributed by atoms with Crippen molar-refractivity contribution in [3.63, 3.8) is 0 Å². The average molecular weight is 282 g/mol. The van der Waals surface area contributed by atoms with Crippen LogP contribution in [0.4, 0.5) is 5.69 Å². The lowest BCUT2D eigenvalue weighted by Gasteiger charge is -2.12. The second-order valence-corrected chi connectivity index (χ2v) is 4.86. The Hall–Kier alpha value is -1.59. The summed E-state index contributed by atoms with van der Waals surface area (Å²) >= 11 is 6.03. The molecule has 0 radical (unpaired) electrons. The highest BCUT2D eigenvalue weighted by atomic mass is 35.5. The predicted octanol–water partition coefficient (Wildman–Crippen LogP) is 1.25. The first-order valence-electron chi connectivity index (χ1n) is 6.15. The Kier molecular flexibility index (Phi) is 4.39. The fourth-order valence-electron chi connectivity index (χ4n) is 2.02. The molecule has 0 saturated carbocycles. The molecular formula is C13H16ClN3O2. The molecule has 3 N–H and O–H groups in total. The van der Waals surface area contributed by atoms with Crippen molar-refractivity contribution in [1.82, 2.24) is 10.6 Å². The first-order valence-corrected chi connectivity index (χ1v) is 6.53. The van der Waals surface area contributed by atoms with Crippen molar-refractivity contribution in [1.29, 1.82) is 0 Å². The number of hydrogen-bond donors (Lipinski definition) is 3. The van der Waals surface area contributed by atoms with E-state index in [1.165, 1.54) is 0 Å². The highest BCUT2D eigenvalue weighted by Crippen LogP contribution is 2.24. The van der Waals surface area contributed by atoms with Gasteiger partial charge in [-0.1, -0.05) is 11.6 Å². The Bertz CT molecular complexity index is 499. The second-order valence-electron chi connectivity index (χ2n) is 4.45. The van der Waals surface area contributed by atoms with E-state index in [-0.39, 0.29) is 17.7 Å². The Labute approximate surface area is 116 Å². The molecule has 1 aromatic carbocycles. The molecule has 2 rings (SSSR count). The molecule has 1 heterocycles. The van der Waals surface area contributed by atoms with Gasteiger partial charge in [0.15, 0.2) is 0 Å². The standard InChI is InChI=1S/C13H16ClN3O2/c1-15-12(18)8-2-3-10(14)11(6-8)17-13(19)9-4-5-16-7-9/h2-3,6,9,16H,4-5,7H2,1H3,(H,15,18)(H,17,19). The molecule has 0 spiro atoms. The fraction of sp³-hybridized carbons (Fsp3) is 0.385. The van der Waals surface area contributed by atoms with Crippen LogP contribution in [0.25, 0.3) is 0 Å². The van der Waals surface area contributed by atoms with Crippen LogP contribution in [-0.4, -0.2) is 32.0 Å². The predicted molar refractivity (Wildman–Crippen MR) is 74.4 cm³/mol. The number of amides is 2. The third-order valence-electron chi connectivity index (χ3n) is 3.14. The van der Waals surface area contributed by atoms with Crippen LogP contribution in [0.2, 0.25) is 5.02 Å². The van der Waals surface area contributed by atoms with Gasteiger partial charge in [-0.3, -0.25) is 9.59 Å². The van der Waals surface area contributed by atoms with E-state index in [1.807, 2.05) is 0 Å². The number of anilines is 1. The quantitative estimate of drug-likeness (QED) is 0.781. The third-order valence-corrected chi connectivity index (χ3v) is 3.47. The molecule has 5 nitrogen and oxygen atoms in total. The van der Waals surface area contributed by atoms with Gasteiger partial charge in [-0.25, -0.2) is 0 Å². The van der Waals surface area contributed by atoms with E-state index < -0.39 is 0 Å². The molecule has 1 aromatic rings. The van der Waals surface area contributed by atoms with Crippen LogP contribution >= 0.6 is 11.6 Å². The molecule has 1 unspecified atom stereocenters. The SMILES string of the molecule is CNC(=O)c1ccc(Cl)c(NC(=O)C2CCNC2)c1. The number of benzene rings is 1. The van der Waals surface area contributed by atoms with E-state index in [4.69, 9.17) is 11.6 Å². The third kappa shape index (κ3) is 3.24. The van der Waals surface area contributed by atoms with Crippen molar-refractivity contribution < 1.29 is 9.59 Å². The van der Waals surface area contributed by atoms with Crippen molar-refractivity contribution in [2.75, 3.05) is 25.5 Å². The molecule has 1 atom stereocenters. The normalized spacial score (nSPS) is 18.1. The first kappa shape index (κ1) is 13.8. The Morgan fingerprint density at radius 2 is 2.21 bits per heavy atom. The van der Waals surface area contributed by atoms with Gasteiger partial charge in [0.25, 0.3) is 5.91 Å². The number of carbonyl (C=O) groups is 2. The van der Waals surface area contributed by atoms with Crippen LogP contribution in [0.3, 0.4) is 0 Å². The van der Waals surface area contributed by atoms with E-state index >= 15 is 0 Å². The minimum atomic E-state index is -0.213. The van der Waals surface area contributed by atoms with Crippen LogP contribution < -0.4 is 16.0 Å². The van der Waals surface area contributed by atoms with Crippen molar-refractivity contribution in [2.24, 2.45) is 5.92 Å². The highest BCUT2D eigenvalue weighted by molar-refractivity contribution is 6.33. The summed E-state index contributed by atoms with van der Waals surface area (Å²) in [4.78, 5) is 23.5. The van der Waals surface area contributed by atoms with Crippen LogP contribution in [-0.2, 0) is 4.79 Å². The summed E-state index contributed by atoms with van der Waals surface area (Å²) in [6.45, 7) is 1.53. The van der Waals surface area contributed by atoms with Crippen LogP contribution in [0, 0.1) is 5.92 Å². The van der Waals surface area contributed by atoms with Crippen LogP contribution in [0.15, 0.2) is 18.2 Å². The molecule has 1 aliphatic heterocycles. The van der Waals surface area contributed by atoms with Gasteiger partial charge in [-0.15, -0.1) is 0 Å². The van der Waals surface area contributed by atoms with Gasteiger partial charge in [0, 0.05) is 19.2 Å². The zero-order valence-corrected chi connectivity index (χ0v) is 11.4. The zero-order chi connectivity index (χ0) is 13.8. The molecule has 102 valence electrons. The number of halogens is 1. The summed E-state index contributed by atoms with van der Waals surface area (Å²) in [5.41, 5.74) is 0.936. The lowest BCUT2D eigenvalue weighted by Crippen LogP contribution is -2.25. The highest BCUT2D eigenvalue weighted by Gasteiger charge is 2.23. The zero-order valence-electron chi connectivity index (χ0n) is 10.6. The second kappa shape index (κ2) is 6.04. The van der Waals surface area contributed by atoms with Gasteiger partial charge in [0.1, 0.15) is 0 Å². The van der Waals surface area contributed by atoms with Crippen molar-refractivity contribution in [3.8, 4) is 0 Å². The van der Waals surface area contributed by atoms with E-state index in [9.17, 15) is 9.59 Å². The number of nitrogens with one attached hydrogen (secondary N) is 3. The summed E-state index contributed by atoms with van der Waals surface area (Å²) in [5, 5.41) is 8.87. The monoisotopic (exact) mass is 281 g/mol. The summed E-state index contributed by atoms with van der Waals surface area (Å²) in [6, 6.07) is 4.81. The minimum absolute atomic E-state index is 0.0419. The van der Waals surface area contributed by atoms with Gasteiger partial charge >= 0.3 is 0 Å². The van der Waals surface area contributed by atoms with Gasteiger partial charge in [-0.05, 0) is 31.2 Å². The molecule has 0 aliphatic carbocycles. The number of carbonyl (C=O) groups excluding carboxylic acids is 2. The Balaban J connectivity index is 2.14.